The zero-order chi connectivity index (χ0) is 12.5. The molecule has 1 aliphatic carbocycles. The number of anilines is 1. The minimum Gasteiger partial charge on any atom is -0.384 e. The topological polar surface area (TPSA) is 24.9 Å². The molecule has 0 amide bonds. The van der Waals surface area contributed by atoms with E-state index in [4.69, 9.17) is 23.2 Å². The van der Waals surface area contributed by atoms with Crippen molar-refractivity contribution in [2.24, 2.45) is 5.92 Å². The second-order valence-electron chi connectivity index (χ2n) is 4.84. The van der Waals surface area contributed by atoms with Crippen molar-refractivity contribution < 1.29 is 0 Å². The van der Waals surface area contributed by atoms with Crippen LogP contribution in [0.1, 0.15) is 12.8 Å². The molecule has 18 heavy (non-hydrogen) atoms. The molecule has 0 saturated heterocycles. The first-order valence-electron chi connectivity index (χ1n) is 6.14. The Labute approximate surface area is 116 Å². The number of hydrogen-bond donors (Lipinski definition) is 1. The molecule has 0 radical (unpaired) electrons. The van der Waals surface area contributed by atoms with Crippen molar-refractivity contribution in [3.05, 3.63) is 35.5 Å². The van der Waals surface area contributed by atoms with Crippen LogP contribution in [0, 0.1) is 5.92 Å². The molecule has 0 atom stereocenters. The maximum Gasteiger partial charge on any atom is 0.0737 e. The van der Waals surface area contributed by atoms with Crippen LogP contribution in [0.25, 0.3) is 10.9 Å². The molecule has 0 unspecified atom stereocenters. The zero-order valence-corrected chi connectivity index (χ0v) is 11.4. The summed E-state index contributed by atoms with van der Waals surface area (Å²) >= 11 is 12.0. The summed E-state index contributed by atoms with van der Waals surface area (Å²) in [6.45, 7) is 0.977. The van der Waals surface area contributed by atoms with Gasteiger partial charge >= 0.3 is 0 Å². The molecular weight excluding hydrogens is 267 g/mol. The summed E-state index contributed by atoms with van der Waals surface area (Å²) in [5.41, 5.74) is 2.05. The van der Waals surface area contributed by atoms with E-state index in [2.05, 4.69) is 10.3 Å². The van der Waals surface area contributed by atoms with E-state index in [1.165, 1.54) is 0 Å². The summed E-state index contributed by atoms with van der Waals surface area (Å²) < 4.78 is 0. The summed E-state index contributed by atoms with van der Waals surface area (Å²) in [7, 11) is 0. The van der Waals surface area contributed by atoms with Gasteiger partial charge in [-0.05, 0) is 43.0 Å². The predicted octanol–water partition coefficient (Wildman–Crippen LogP) is 4.32. The quantitative estimate of drug-likeness (QED) is 0.847. The molecule has 2 aromatic rings. The Bertz CT molecular complexity index is 565. The number of rotatable bonds is 3. The summed E-state index contributed by atoms with van der Waals surface area (Å²) in [4.78, 5) is 4.33. The molecule has 1 heterocycles. The van der Waals surface area contributed by atoms with Gasteiger partial charge in [0.15, 0.2) is 0 Å². The van der Waals surface area contributed by atoms with Crippen molar-refractivity contribution in [1.82, 2.24) is 4.98 Å². The van der Waals surface area contributed by atoms with Gasteiger partial charge in [-0.2, -0.15) is 0 Å². The number of pyridine rings is 1. The molecule has 1 aromatic carbocycles. The number of benzene rings is 1. The van der Waals surface area contributed by atoms with Gasteiger partial charge in [-0.15, -0.1) is 11.6 Å². The van der Waals surface area contributed by atoms with Crippen molar-refractivity contribution in [3.63, 3.8) is 0 Å². The largest absolute Gasteiger partial charge is 0.384 e. The Hall–Kier alpha value is -0.990. The molecule has 0 aliphatic heterocycles. The van der Waals surface area contributed by atoms with Crippen LogP contribution in [0.4, 0.5) is 5.69 Å². The van der Waals surface area contributed by atoms with Crippen LogP contribution in [0.5, 0.6) is 0 Å². The monoisotopic (exact) mass is 280 g/mol. The van der Waals surface area contributed by atoms with Crippen LogP contribution in [0.3, 0.4) is 0 Å². The zero-order valence-electron chi connectivity index (χ0n) is 9.87. The van der Waals surface area contributed by atoms with Crippen LogP contribution in [0.2, 0.25) is 5.02 Å². The summed E-state index contributed by atoms with van der Waals surface area (Å²) in [6, 6.07) is 7.81. The fourth-order valence-electron chi connectivity index (χ4n) is 2.35. The van der Waals surface area contributed by atoms with Crippen molar-refractivity contribution in [3.8, 4) is 0 Å². The first-order valence-corrected chi connectivity index (χ1v) is 6.96. The van der Waals surface area contributed by atoms with E-state index in [-0.39, 0.29) is 0 Å². The summed E-state index contributed by atoms with van der Waals surface area (Å²) in [5, 5.41) is 5.70. The molecular formula is C14H14Cl2N2. The Kier molecular flexibility index (Phi) is 3.31. The minimum absolute atomic E-state index is 0.379. The molecule has 1 saturated carbocycles. The van der Waals surface area contributed by atoms with Gasteiger partial charge in [-0.1, -0.05) is 11.6 Å². The Morgan fingerprint density at radius 3 is 2.89 bits per heavy atom. The summed E-state index contributed by atoms with van der Waals surface area (Å²) in [5.74, 6) is 0.697. The Morgan fingerprint density at radius 2 is 2.11 bits per heavy atom. The van der Waals surface area contributed by atoms with Crippen LogP contribution < -0.4 is 5.32 Å². The average Bonchev–Trinajstić information content (AvgIpc) is 2.32. The number of fused-ring (bicyclic) bond motifs is 1. The highest BCUT2D eigenvalue weighted by molar-refractivity contribution is 6.31. The normalized spacial score (nSPS) is 22.8. The SMILES string of the molecule is Clc1ccc2c(NCC3CC(Cl)C3)ccnc2c1. The van der Waals surface area contributed by atoms with E-state index in [0.29, 0.717) is 11.3 Å². The lowest BCUT2D eigenvalue weighted by atomic mass is 9.85. The maximum absolute atomic E-state index is 5.99. The molecule has 0 bridgehead atoms. The number of alkyl halides is 1. The Morgan fingerprint density at radius 1 is 1.28 bits per heavy atom. The van der Waals surface area contributed by atoms with Crippen LogP contribution in [0.15, 0.2) is 30.5 Å². The number of nitrogens with zero attached hydrogens (tertiary/aromatic N) is 1. The average molecular weight is 281 g/mol. The van der Waals surface area contributed by atoms with Crippen LogP contribution >= 0.6 is 23.2 Å². The Balaban J connectivity index is 1.79. The highest BCUT2D eigenvalue weighted by atomic mass is 35.5. The van der Waals surface area contributed by atoms with Gasteiger partial charge < -0.3 is 5.32 Å². The van der Waals surface area contributed by atoms with Crippen molar-refractivity contribution in [2.75, 3.05) is 11.9 Å². The molecule has 1 N–H and O–H groups in total. The van der Waals surface area contributed by atoms with E-state index < -0.39 is 0 Å². The van der Waals surface area contributed by atoms with Gasteiger partial charge in [0, 0.05) is 34.2 Å². The highest BCUT2D eigenvalue weighted by Crippen LogP contribution is 2.32. The van der Waals surface area contributed by atoms with Gasteiger partial charge in [-0.25, -0.2) is 0 Å². The standard InChI is InChI=1S/C14H14Cl2N2/c15-10-1-2-12-13(3-4-17-14(12)7-10)18-8-9-5-11(16)6-9/h1-4,7,9,11H,5-6,8H2,(H,17,18). The van der Waals surface area contributed by atoms with Crippen LogP contribution in [-0.4, -0.2) is 16.9 Å². The fourth-order valence-corrected chi connectivity index (χ4v) is 3.02. The number of hydrogen-bond acceptors (Lipinski definition) is 2. The number of nitrogens with one attached hydrogen (secondary N) is 1. The third kappa shape index (κ3) is 2.40. The molecule has 1 aromatic heterocycles. The second kappa shape index (κ2) is 4.94. The second-order valence-corrected chi connectivity index (χ2v) is 5.89. The molecule has 1 fully saturated rings. The molecule has 2 nitrogen and oxygen atoms in total. The summed E-state index contributed by atoms with van der Waals surface area (Å²) in [6.07, 6.45) is 4.04. The molecule has 94 valence electrons. The van der Waals surface area contributed by atoms with E-state index in [9.17, 15) is 0 Å². The fraction of sp³-hybridized carbons (Fsp3) is 0.357. The third-order valence-corrected chi connectivity index (χ3v) is 4.06. The molecule has 4 heteroatoms. The lowest BCUT2D eigenvalue weighted by Crippen LogP contribution is -2.29. The molecule has 0 spiro atoms. The lowest BCUT2D eigenvalue weighted by Gasteiger charge is -2.31. The molecule has 1 aliphatic rings. The van der Waals surface area contributed by atoms with E-state index in [1.54, 1.807) is 0 Å². The molecule has 3 rings (SSSR count). The van der Waals surface area contributed by atoms with Gasteiger partial charge in [0.2, 0.25) is 0 Å². The number of aromatic nitrogens is 1. The van der Waals surface area contributed by atoms with E-state index in [1.807, 2.05) is 30.5 Å². The van der Waals surface area contributed by atoms with Crippen molar-refractivity contribution in [1.29, 1.82) is 0 Å². The van der Waals surface area contributed by atoms with E-state index in [0.717, 1.165) is 41.0 Å². The maximum atomic E-state index is 5.99. The van der Waals surface area contributed by atoms with Crippen molar-refractivity contribution >= 4 is 39.8 Å². The highest BCUT2D eigenvalue weighted by Gasteiger charge is 2.26. The first kappa shape index (κ1) is 12.1. The van der Waals surface area contributed by atoms with Gasteiger partial charge in [0.25, 0.3) is 0 Å². The van der Waals surface area contributed by atoms with E-state index >= 15 is 0 Å². The minimum atomic E-state index is 0.379. The third-order valence-electron chi connectivity index (χ3n) is 3.46. The van der Waals surface area contributed by atoms with Gasteiger partial charge in [-0.3, -0.25) is 4.98 Å². The van der Waals surface area contributed by atoms with Gasteiger partial charge in [0.05, 0.1) is 5.52 Å². The van der Waals surface area contributed by atoms with Gasteiger partial charge in [0.1, 0.15) is 0 Å². The van der Waals surface area contributed by atoms with Crippen LogP contribution in [-0.2, 0) is 0 Å². The smallest absolute Gasteiger partial charge is 0.0737 e. The van der Waals surface area contributed by atoms with Crippen molar-refractivity contribution in [2.45, 2.75) is 18.2 Å². The first-order chi connectivity index (χ1) is 8.72. The number of halogens is 2. The lowest BCUT2D eigenvalue weighted by molar-refractivity contribution is 0.341. The predicted molar refractivity (Wildman–Crippen MR) is 77.6 cm³/mol.